The maximum absolute atomic E-state index is 7.56. The summed E-state index contributed by atoms with van der Waals surface area (Å²) in [6, 6.07) is 35.8. The Hall–Kier alpha value is -4.58. The van der Waals surface area contributed by atoms with E-state index < -0.39 is 5.60 Å². The fraction of sp³-hybridized carbons (Fsp3) is 0.302. The van der Waals surface area contributed by atoms with E-state index in [1.165, 1.54) is 44.6 Å². The molecule has 1 atom stereocenters. The van der Waals surface area contributed by atoms with Gasteiger partial charge in [0.05, 0.1) is 19.8 Å². The Morgan fingerprint density at radius 2 is 1.19 bits per heavy atom. The maximum atomic E-state index is 7.56. The van der Waals surface area contributed by atoms with E-state index in [1.807, 2.05) is 0 Å². The summed E-state index contributed by atoms with van der Waals surface area (Å²) >= 11 is 0. The molecule has 0 aromatic heterocycles. The van der Waals surface area contributed by atoms with Gasteiger partial charge in [-0.3, -0.25) is 0 Å². The summed E-state index contributed by atoms with van der Waals surface area (Å²) in [5.74, 6) is 0.957. The number of ether oxygens (including phenoxy) is 3. The summed E-state index contributed by atoms with van der Waals surface area (Å²) < 4.78 is 18.9. The monoisotopic (exact) mass is 634 g/mol. The van der Waals surface area contributed by atoms with Gasteiger partial charge in [-0.1, -0.05) is 92.7 Å². The predicted octanol–water partition coefficient (Wildman–Crippen LogP) is 8.56. The molecular weight excluding hydrogens is 592 g/mol. The first kappa shape index (κ1) is 29.6. The lowest BCUT2D eigenvalue weighted by molar-refractivity contribution is 0.122. The SMILES string of the molecule is CC1(C)c2ccccc2-c2c1c1c(c3ccccc23)OC(c2ccc(N3CCCOCC3)cc2)(c2ccc(N3CCOCC3)cc2)C=C1. The zero-order chi connectivity index (χ0) is 32.3. The number of anilines is 2. The second-order valence-electron chi connectivity index (χ2n) is 14.0. The van der Waals surface area contributed by atoms with Crippen molar-refractivity contribution >= 4 is 28.2 Å². The third-order valence-electron chi connectivity index (χ3n) is 11.0. The van der Waals surface area contributed by atoms with Crippen molar-refractivity contribution in [2.45, 2.75) is 31.3 Å². The van der Waals surface area contributed by atoms with E-state index in [-0.39, 0.29) is 5.41 Å². The normalized spacial score (nSPS) is 21.3. The minimum Gasteiger partial charge on any atom is -0.472 e. The maximum Gasteiger partial charge on any atom is 0.178 e. The molecule has 1 unspecified atom stereocenters. The van der Waals surface area contributed by atoms with Gasteiger partial charge in [0.2, 0.25) is 0 Å². The van der Waals surface area contributed by atoms with Crippen LogP contribution >= 0.6 is 0 Å². The molecule has 3 heterocycles. The standard InChI is InChI=1S/C43H42N2O3/c1-42(2)38-11-6-5-10-36(38)39-34-8-3-4-9-35(34)41-37(40(39)42)20-21-43(48-41,31-14-18-33(19-15-31)45-24-28-47-29-25-45)30-12-16-32(17-13-30)44-22-7-26-46-27-23-44/h3-6,8-21H,7,22-29H2,1-2H3. The largest absolute Gasteiger partial charge is 0.472 e. The van der Waals surface area contributed by atoms with Gasteiger partial charge in [0.15, 0.2) is 5.60 Å². The van der Waals surface area contributed by atoms with Crippen LogP contribution < -0.4 is 14.5 Å². The Kier molecular flexibility index (Phi) is 7.10. The number of nitrogens with zero attached hydrogens (tertiary/aromatic N) is 2. The second-order valence-corrected chi connectivity index (χ2v) is 14.0. The Morgan fingerprint density at radius 3 is 1.88 bits per heavy atom. The van der Waals surface area contributed by atoms with E-state index in [1.54, 1.807) is 0 Å². The highest BCUT2D eigenvalue weighted by atomic mass is 16.5. The van der Waals surface area contributed by atoms with Gasteiger partial charge in [-0.05, 0) is 64.4 Å². The molecule has 3 aliphatic heterocycles. The van der Waals surface area contributed by atoms with Crippen LogP contribution in [0.1, 0.15) is 48.1 Å². The predicted molar refractivity (Wildman–Crippen MR) is 196 cm³/mol. The fourth-order valence-electron chi connectivity index (χ4n) is 8.54. The molecule has 0 saturated carbocycles. The first-order chi connectivity index (χ1) is 23.5. The van der Waals surface area contributed by atoms with Crippen molar-refractivity contribution in [2.75, 3.05) is 62.4 Å². The van der Waals surface area contributed by atoms with Crippen LogP contribution in [0.3, 0.4) is 0 Å². The van der Waals surface area contributed by atoms with Crippen LogP contribution in [0.15, 0.2) is 103 Å². The molecule has 5 aromatic rings. The van der Waals surface area contributed by atoms with Crippen LogP contribution in [0.5, 0.6) is 5.75 Å². The third kappa shape index (κ3) is 4.59. The Morgan fingerprint density at radius 1 is 0.604 bits per heavy atom. The summed E-state index contributed by atoms with van der Waals surface area (Å²) in [7, 11) is 0. The number of hydrogen-bond acceptors (Lipinski definition) is 5. The molecule has 0 amide bonds. The summed E-state index contributed by atoms with van der Waals surface area (Å²) in [4.78, 5) is 4.84. The molecule has 242 valence electrons. The Bertz CT molecular complexity index is 2020. The third-order valence-corrected chi connectivity index (χ3v) is 11.0. The van der Waals surface area contributed by atoms with E-state index in [4.69, 9.17) is 14.2 Å². The van der Waals surface area contributed by atoms with Crippen LogP contribution in [0, 0.1) is 0 Å². The van der Waals surface area contributed by atoms with Gasteiger partial charge in [0, 0.05) is 71.7 Å². The van der Waals surface area contributed by atoms with E-state index in [0.29, 0.717) is 0 Å². The lowest BCUT2D eigenvalue weighted by atomic mass is 9.77. The smallest absolute Gasteiger partial charge is 0.178 e. The van der Waals surface area contributed by atoms with Crippen LogP contribution in [-0.2, 0) is 20.5 Å². The first-order valence-corrected chi connectivity index (χ1v) is 17.5. The van der Waals surface area contributed by atoms with E-state index >= 15 is 0 Å². The van der Waals surface area contributed by atoms with Crippen LogP contribution in [0.25, 0.3) is 28.0 Å². The van der Waals surface area contributed by atoms with Gasteiger partial charge in [-0.2, -0.15) is 0 Å². The molecule has 5 heteroatoms. The number of fused-ring (bicyclic) bond motifs is 8. The average molecular weight is 635 g/mol. The van der Waals surface area contributed by atoms with Crippen LogP contribution in [0.2, 0.25) is 0 Å². The highest BCUT2D eigenvalue weighted by molar-refractivity contribution is 6.08. The molecule has 48 heavy (non-hydrogen) atoms. The highest BCUT2D eigenvalue weighted by Gasteiger charge is 2.44. The number of hydrogen-bond donors (Lipinski definition) is 0. The zero-order valence-corrected chi connectivity index (χ0v) is 27.9. The van der Waals surface area contributed by atoms with E-state index in [2.05, 4.69) is 133 Å². The van der Waals surface area contributed by atoms with Crippen molar-refractivity contribution in [2.24, 2.45) is 0 Å². The molecule has 4 aliphatic rings. The van der Waals surface area contributed by atoms with E-state index in [9.17, 15) is 0 Å². The topological polar surface area (TPSA) is 34.2 Å². The highest BCUT2D eigenvalue weighted by Crippen LogP contribution is 2.58. The first-order valence-electron chi connectivity index (χ1n) is 17.5. The molecule has 2 fully saturated rings. The van der Waals surface area contributed by atoms with E-state index in [0.717, 1.165) is 81.3 Å². The van der Waals surface area contributed by atoms with Crippen molar-refractivity contribution in [1.82, 2.24) is 0 Å². The molecule has 0 radical (unpaired) electrons. The molecule has 1 aliphatic carbocycles. The summed E-state index contributed by atoms with van der Waals surface area (Å²) in [6.45, 7) is 11.6. The number of morpholine rings is 1. The van der Waals surface area contributed by atoms with Gasteiger partial charge in [0.25, 0.3) is 0 Å². The zero-order valence-electron chi connectivity index (χ0n) is 27.9. The van der Waals surface area contributed by atoms with Crippen molar-refractivity contribution in [3.63, 3.8) is 0 Å². The van der Waals surface area contributed by atoms with Crippen molar-refractivity contribution < 1.29 is 14.2 Å². The quantitative estimate of drug-likeness (QED) is 0.198. The molecular formula is C43H42N2O3. The van der Waals surface area contributed by atoms with Crippen LogP contribution in [-0.4, -0.2) is 52.6 Å². The van der Waals surface area contributed by atoms with Crippen molar-refractivity contribution in [3.8, 4) is 16.9 Å². The Balaban J connectivity index is 1.21. The fourth-order valence-corrected chi connectivity index (χ4v) is 8.54. The van der Waals surface area contributed by atoms with Crippen LogP contribution in [0.4, 0.5) is 11.4 Å². The van der Waals surface area contributed by atoms with Gasteiger partial charge in [0.1, 0.15) is 5.75 Å². The summed E-state index contributed by atoms with van der Waals surface area (Å²) in [6.07, 6.45) is 5.71. The molecule has 9 rings (SSSR count). The molecule has 5 aromatic carbocycles. The molecule has 5 nitrogen and oxygen atoms in total. The van der Waals surface area contributed by atoms with Gasteiger partial charge < -0.3 is 24.0 Å². The lowest BCUT2D eigenvalue weighted by Crippen LogP contribution is -2.37. The van der Waals surface area contributed by atoms with Gasteiger partial charge in [-0.25, -0.2) is 0 Å². The average Bonchev–Trinajstić information content (AvgIpc) is 3.29. The molecule has 0 spiro atoms. The summed E-state index contributed by atoms with van der Waals surface area (Å²) in [5, 5.41) is 2.40. The van der Waals surface area contributed by atoms with Gasteiger partial charge >= 0.3 is 0 Å². The lowest BCUT2D eigenvalue weighted by Gasteiger charge is -2.39. The second kappa shape index (κ2) is 11.5. The van der Waals surface area contributed by atoms with Crippen molar-refractivity contribution in [3.05, 3.63) is 131 Å². The Labute approximate surface area is 283 Å². The molecule has 2 saturated heterocycles. The molecule has 0 N–H and O–H groups in total. The number of benzene rings is 5. The minimum absolute atomic E-state index is 0.161. The summed E-state index contributed by atoms with van der Waals surface area (Å²) in [5.41, 5.74) is 10.3. The van der Waals surface area contributed by atoms with Gasteiger partial charge in [-0.15, -0.1) is 0 Å². The van der Waals surface area contributed by atoms with Crippen molar-refractivity contribution in [1.29, 1.82) is 0 Å². The number of rotatable bonds is 4. The molecule has 0 bridgehead atoms. The minimum atomic E-state index is -0.802.